The quantitative estimate of drug-likeness (QED) is 0.806. The van der Waals surface area contributed by atoms with E-state index >= 15 is 0 Å². The van der Waals surface area contributed by atoms with Gasteiger partial charge in [0.2, 0.25) is 0 Å². The average Bonchev–Trinajstić information content (AvgIpc) is 2.56. The van der Waals surface area contributed by atoms with Crippen LogP contribution in [0.4, 0.5) is 18.9 Å². The number of halogens is 3. The van der Waals surface area contributed by atoms with E-state index in [1.54, 1.807) is 11.0 Å². The normalized spacial score (nSPS) is 21.1. The molecule has 1 atom stereocenters. The number of hydrogen-bond acceptors (Lipinski definition) is 2. The lowest BCUT2D eigenvalue weighted by atomic mass is 9.97. The van der Waals surface area contributed by atoms with Gasteiger partial charge in [-0.2, -0.15) is 18.4 Å². The van der Waals surface area contributed by atoms with Crippen molar-refractivity contribution in [2.45, 2.75) is 38.5 Å². The van der Waals surface area contributed by atoms with Crippen molar-refractivity contribution < 1.29 is 13.2 Å². The van der Waals surface area contributed by atoms with Gasteiger partial charge in [-0.05, 0) is 51.2 Å². The van der Waals surface area contributed by atoms with Crippen LogP contribution in [-0.2, 0) is 6.18 Å². The van der Waals surface area contributed by atoms with E-state index < -0.39 is 17.3 Å². The lowest BCUT2D eigenvalue weighted by Crippen LogP contribution is -2.42. The van der Waals surface area contributed by atoms with Crippen molar-refractivity contribution in [3.8, 4) is 6.07 Å². The molecule has 1 unspecified atom stereocenters. The summed E-state index contributed by atoms with van der Waals surface area (Å²) in [4.78, 5) is 1.64. The molecule has 1 aliphatic heterocycles. The molecular weight excluding hydrogens is 299 g/mol. The van der Waals surface area contributed by atoms with Gasteiger partial charge in [-0.1, -0.05) is 0 Å². The smallest absolute Gasteiger partial charge is 0.355 e. The molecule has 0 aliphatic carbocycles. The molecular formula is C14H14F3N3S. The number of rotatable bonds is 1. The van der Waals surface area contributed by atoms with Crippen LogP contribution < -0.4 is 10.2 Å². The molecule has 1 aromatic carbocycles. The molecule has 0 aromatic heterocycles. The number of hydrogen-bond donors (Lipinski definition) is 1. The third-order valence-electron chi connectivity index (χ3n) is 3.79. The molecule has 1 N–H and O–H groups in total. The van der Waals surface area contributed by atoms with E-state index in [1.807, 2.05) is 20.8 Å². The molecule has 112 valence electrons. The topological polar surface area (TPSA) is 39.1 Å². The molecule has 0 spiro atoms. The van der Waals surface area contributed by atoms with Crippen LogP contribution in [0.1, 0.15) is 31.9 Å². The summed E-state index contributed by atoms with van der Waals surface area (Å²) in [5.74, 6) is 0. The van der Waals surface area contributed by atoms with Crippen molar-refractivity contribution in [1.29, 1.82) is 5.26 Å². The van der Waals surface area contributed by atoms with Crippen LogP contribution in [0.15, 0.2) is 18.2 Å². The fraction of sp³-hybridized carbons (Fsp3) is 0.429. The maximum Gasteiger partial charge on any atom is 0.417 e. The molecule has 0 saturated carbocycles. The van der Waals surface area contributed by atoms with Gasteiger partial charge in [0, 0.05) is 5.69 Å². The highest BCUT2D eigenvalue weighted by Crippen LogP contribution is 2.36. The second-order valence-corrected chi connectivity index (χ2v) is 5.92. The number of nitriles is 1. The van der Waals surface area contributed by atoms with E-state index in [0.717, 1.165) is 6.07 Å². The molecule has 0 amide bonds. The van der Waals surface area contributed by atoms with Gasteiger partial charge in [-0.3, -0.25) is 0 Å². The predicted octanol–water partition coefficient (Wildman–Crippen LogP) is 3.44. The highest BCUT2D eigenvalue weighted by molar-refractivity contribution is 7.80. The van der Waals surface area contributed by atoms with E-state index in [1.165, 1.54) is 12.1 Å². The number of nitrogens with one attached hydrogen (secondary N) is 1. The largest absolute Gasteiger partial charge is 0.417 e. The molecule has 0 bridgehead atoms. The van der Waals surface area contributed by atoms with Crippen molar-refractivity contribution in [2.24, 2.45) is 0 Å². The second-order valence-electron chi connectivity index (χ2n) is 5.54. The van der Waals surface area contributed by atoms with Crippen molar-refractivity contribution >= 4 is 23.0 Å². The van der Waals surface area contributed by atoms with Crippen LogP contribution >= 0.6 is 12.2 Å². The average molecular weight is 313 g/mol. The SMILES string of the molecule is CC1N(c2ccc(C#N)c(C(F)(F)F)c2)C(=S)NC1(C)C. The molecule has 3 nitrogen and oxygen atoms in total. The summed E-state index contributed by atoms with van der Waals surface area (Å²) in [5, 5.41) is 12.3. The Morgan fingerprint density at radius 1 is 1.38 bits per heavy atom. The third-order valence-corrected chi connectivity index (χ3v) is 4.09. The first-order valence-electron chi connectivity index (χ1n) is 6.30. The Morgan fingerprint density at radius 3 is 2.43 bits per heavy atom. The molecule has 21 heavy (non-hydrogen) atoms. The van der Waals surface area contributed by atoms with Crippen LogP contribution in [0.3, 0.4) is 0 Å². The number of nitrogens with zero attached hydrogens (tertiary/aromatic N) is 2. The van der Waals surface area contributed by atoms with Gasteiger partial charge in [0.25, 0.3) is 0 Å². The summed E-state index contributed by atoms with van der Waals surface area (Å²) in [6, 6.07) is 5.10. The summed E-state index contributed by atoms with van der Waals surface area (Å²) < 4.78 is 39.1. The van der Waals surface area contributed by atoms with Gasteiger partial charge in [-0.25, -0.2) is 0 Å². The second kappa shape index (κ2) is 4.88. The Balaban J connectivity index is 2.52. The first-order valence-corrected chi connectivity index (χ1v) is 6.71. The van der Waals surface area contributed by atoms with Gasteiger partial charge < -0.3 is 10.2 Å². The standard InChI is InChI=1S/C14H14F3N3S/c1-8-13(2,3)19-12(21)20(8)10-5-4-9(7-18)11(6-10)14(15,16)17/h4-6,8H,1-3H3,(H,19,21). The Morgan fingerprint density at radius 2 is 2.00 bits per heavy atom. The minimum Gasteiger partial charge on any atom is -0.355 e. The lowest BCUT2D eigenvalue weighted by molar-refractivity contribution is -0.137. The van der Waals surface area contributed by atoms with Gasteiger partial charge in [-0.15, -0.1) is 0 Å². The summed E-state index contributed by atoms with van der Waals surface area (Å²) in [6.07, 6.45) is -4.57. The highest BCUT2D eigenvalue weighted by atomic mass is 32.1. The van der Waals surface area contributed by atoms with Crippen molar-refractivity contribution in [3.05, 3.63) is 29.3 Å². The zero-order valence-corrected chi connectivity index (χ0v) is 12.6. The van der Waals surface area contributed by atoms with Crippen LogP contribution in [-0.4, -0.2) is 16.7 Å². The van der Waals surface area contributed by atoms with E-state index in [9.17, 15) is 13.2 Å². The van der Waals surface area contributed by atoms with E-state index in [2.05, 4.69) is 5.32 Å². The molecule has 1 aromatic rings. The third kappa shape index (κ3) is 2.68. The Hall–Kier alpha value is -1.81. The summed E-state index contributed by atoms with van der Waals surface area (Å²) in [7, 11) is 0. The van der Waals surface area contributed by atoms with Gasteiger partial charge >= 0.3 is 6.18 Å². The first kappa shape index (κ1) is 15.6. The number of thiocarbonyl (C=S) groups is 1. The van der Waals surface area contributed by atoms with Crippen molar-refractivity contribution in [3.63, 3.8) is 0 Å². The monoisotopic (exact) mass is 313 g/mol. The summed E-state index contributed by atoms with van der Waals surface area (Å²) in [5.41, 5.74) is -1.35. The Labute approximate surface area is 126 Å². The fourth-order valence-corrected chi connectivity index (χ4v) is 2.82. The van der Waals surface area contributed by atoms with Crippen LogP contribution in [0.25, 0.3) is 0 Å². The van der Waals surface area contributed by atoms with E-state index in [0.29, 0.717) is 10.8 Å². The fourth-order valence-electron chi connectivity index (χ4n) is 2.29. The minimum atomic E-state index is -4.57. The van der Waals surface area contributed by atoms with Crippen molar-refractivity contribution in [2.75, 3.05) is 4.90 Å². The number of anilines is 1. The molecule has 0 radical (unpaired) electrons. The maximum absolute atomic E-state index is 13.0. The molecule has 7 heteroatoms. The minimum absolute atomic E-state index is 0.112. The summed E-state index contributed by atoms with van der Waals surface area (Å²) in [6.45, 7) is 5.74. The molecule has 1 heterocycles. The zero-order valence-electron chi connectivity index (χ0n) is 11.7. The first-order chi connectivity index (χ1) is 9.58. The Kier molecular flexibility index (Phi) is 3.62. The van der Waals surface area contributed by atoms with Crippen molar-refractivity contribution in [1.82, 2.24) is 5.32 Å². The van der Waals surface area contributed by atoms with Gasteiger partial charge in [0.1, 0.15) is 0 Å². The number of alkyl halides is 3. The van der Waals surface area contributed by atoms with Crippen LogP contribution in [0.2, 0.25) is 0 Å². The Bertz CT molecular complexity index is 631. The van der Waals surface area contributed by atoms with Crippen LogP contribution in [0, 0.1) is 11.3 Å². The maximum atomic E-state index is 13.0. The van der Waals surface area contributed by atoms with Gasteiger partial charge in [0.05, 0.1) is 28.8 Å². The molecule has 1 aliphatic rings. The summed E-state index contributed by atoms with van der Waals surface area (Å²) >= 11 is 5.21. The van der Waals surface area contributed by atoms with Gasteiger partial charge in [0.15, 0.2) is 5.11 Å². The molecule has 1 saturated heterocycles. The lowest BCUT2D eigenvalue weighted by Gasteiger charge is -2.28. The molecule has 1 fully saturated rings. The van der Waals surface area contributed by atoms with Crippen LogP contribution in [0.5, 0.6) is 0 Å². The van der Waals surface area contributed by atoms with E-state index in [-0.39, 0.29) is 11.6 Å². The molecule has 2 rings (SSSR count). The predicted molar refractivity (Wildman–Crippen MR) is 77.9 cm³/mol. The highest BCUT2D eigenvalue weighted by Gasteiger charge is 2.42. The zero-order chi connectivity index (χ0) is 16.0. The number of benzene rings is 1. The van der Waals surface area contributed by atoms with E-state index in [4.69, 9.17) is 17.5 Å².